The highest BCUT2D eigenvalue weighted by molar-refractivity contribution is 5.27. The molecule has 0 atom stereocenters. The molecule has 18 heavy (non-hydrogen) atoms. The van der Waals surface area contributed by atoms with E-state index in [0.717, 1.165) is 38.5 Å². The van der Waals surface area contributed by atoms with Crippen LogP contribution in [0.25, 0.3) is 0 Å². The molecule has 0 heterocycles. The van der Waals surface area contributed by atoms with Gasteiger partial charge in [0.15, 0.2) is 0 Å². The summed E-state index contributed by atoms with van der Waals surface area (Å²) in [4.78, 5) is 0. The maximum atomic E-state index is 5.60. The molecule has 0 saturated heterocycles. The van der Waals surface area contributed by atoms with E-state index in [4.69, 9.17) is 9.47 Å². The zero-order valence-electron chi connectivity index (χ0n) is 11.7. The minimum absolute atomic E-state index is 0.227. The van der Waals surface area contributed by atoms with Crippen LogP contribution in [-0.4, -0.2) is 32.4 Å². The first kappa shape index (κ1) is 15.0. The molecular formula is C15H25NO2. The number of hydrogen-bond acceptors (Lipinski definition) is 3. The van der Waals surface area contributed by atoms with Gasteiger partial charge in [-0.15, -0.1) is 0 Å². The average molecular weight is 251 g/mol. The fraction of sp³-hybridized carbons (Fsp3) is 0.600. The van der Waals surface area contributed by atoms with Crippen LogP contribution in [0.1, 0.15) is 26.3 Å². The molecule has 0 aliphatic rings. The summed E-state index contributed by atoms with van der Waals surface area (Å²) < 4.78 is 11.1. The van der Waals surface area contributed by atoms with Crippen LogP contribution in [0, 0.1) is 0 Å². The lowest BCUT2D eigenvalue weighted by Gasteiger charge is -2.10. The molecule has 1 aromatic carbocycles. The summed E-state index contributed by atoms with van der Waals surface area (Å²) in [5, 5.41) is 3.23. The van der Waals surface area contributed by atoms with Gasteiger partial charge in [-0.1, -0.05) is 19.1 Å². The largest absolute Gasteiger partial charge is 0.491 e. The topological polar surface area (TPSA) is 30.5 Å². The van der Waals surface area contributed by atoms with Gasteiger partial charge in [0.05, 0.1) is 19.3 Å². The quantitative estimate of drug-likeness (QED) is 0.684. The smallest absolute Gasteiger partial charge is 0.119 e. The number of nitrogens with one attached hydrogen (secondary N) is 1. The first-order chi connectivity index (χ1) is 8.72. The Kier molecular flexibility index (Phi) is 7.46. The Morgan fingerprint density at radius 2 is 1.83 bits per heavy atom. The molecule has 0 unspecified atom stereocenters. The molecule has 0 radical (unpaired) electrons. The van der Waals surface area contributed by atoms with E-state index >= 15 is 0 Å². The van der Waals surface area contributed by atoms with Crippen LogP contribution in [0.5, 0.6) is 5.75 Å². The summed E-state index contributed by atoms with van der Waals surface area (Å²) in [7, 11) is 0. The van der Waals surface area contributed by atoms with Gasteiger partial charge in [0.1, 0.15) is 5.75 Å². The highest BCUT2D eigenvalue weighted by Gasteiger charge is 1.98. The third-order valence-corrected chi connectivity index (χ3v) is 2.50. The number of ether oxygens (including phenoxy) is 2. The summed E-state index contributed by atoms with van der Waals surface area (Å²) in [5.74, 6) is 0.932. The van der Waals surface area contributed by atoms with Crippen molar-refractivity contribution < 1.29 is 9.47 Å². The molecule has 3 nitrogen and oxygen atoms in total. The maximum absolute atomic E-state index is 5.60. The van der Waals surface area contributed by atoms with E-state index in [1.54, 1.807) is 0 Å². The fourth-order valence-electron chi connectivity index (χ4n) is 1.62. The maximum Gasteiger partial charge on any atom is 0.119 e. The second kappa shape index (κ2) is 8.95. The van der Waals surface area contributed by atoms with Crippen LogP contribution in [-0.2, 0) is 11.2 Å². The lowest BCUT2D eigenvalue weighted by atomic mass is 10.1. The normalized spacial score (nSPS) is 10.9. The Labute approximate surface area is 110 Å². The highest BCUT2D eigenvalue weighted by Crippen LogP contribution is 2.14. The molecule has 0 aliphatic heterocycles. The van der Waals surface area contributed by atoms with Gasteiger partial charge in [-0.25, -0.2) is 0 Å². The average Bonchev–Trinajstić information content (AvgIpc) is 2.35. The van der Waals surface area contributed by atoms with E-state index in [9.17, 15) is 0 Å². The first-order valence-corrected chi connectivity index (χ1v) is 6.76. The Bertz CT molecular complexity index is 309. The lowest BCUT2D eigenvalue weighted by molar-refractivity contribution is 0.139. The second-order valence-corrected chi connectivity index (χ2v) is 4.53. The predicted molar refractivity (Wildman–Crippen MR) is 75.3 cm³/mol. The molecule has 102 valence electrons. The minimum Gasteiger partial charge on any atom is -0.491 e. The number of likely N-dealkylation sites (N-methyl/N-ethyl adjacent to an activating group) is 1. The standard InChI is InChI=1S/C15H25NO2/c1-4-16-10-12-17-11-9-14-5-7-15(8-6-14)18-13(2)3/h5-8,13,16H,4,9-12H2,1-3H3. The van der Waals surface area contributed by atoms with Crippen molar-refractivity contribution in [1.82, 2.24) is 5.32 Å². The minimum atomic E-state index is 0.227. The molecule has 3 heteroatoms. The summed E-state index contributed by atoms with van der Waals surface area (Å²) in [6.07, 6.45) is 1.18. The van der Waals surface area contributed by atoms with Crippen LogP contribution in [0.4, 0.5) is 0 Å². The molecule has 0 aromatic heterocycles. The predicted octanol–water partition coefficient (Wildman–Crippen LogP) is 2.64. The van der Waals surface area contributed by atoms with Crippen LogP contribution in [0.2, 0.25) is 0 Å². The van der Waals surface area contributed by atoms with Gasteiger partial charge in [0.25, 0.3) is 0 Å². The van der Waals surface area contributed by atoms with E-state index < -0.39 is 0 Å². The monoisotopic (exact) mass is 251 g/mol. The van der Waals surface area contributed by atoms with E-state index in [1.807, 2.05) is 26.0 Å². The van der Waals surface area contributed by atoms with Crippen molar-refractivity contribution in [3.63, 3.8) is 0 Å². The fourth-order valence-corrected chi connectivity index (χ4v) is 1.62. The van der Waals surface area contributed by atoms with Crippen molar-refractivity contribution in [2.24, 2.45) is 0 Å². The lowest BCUT2D eigenvalue weighted by Crippen LogP contribution is -2.19. The Morgan fingerprint density at radius 3 is 2.44 bits per heavy atom. The summed E-state index contributed by atoms with van der Waals surface area (Å²) >= 11 is 0. The molecule has 0 aliphatic carbocycles. The Morgan fingerprint density at radius 1 is 1.11 bits per heavy atom. The summed E-state index contributed by atoms with van der Waals surface area (Å²) in [6, 6.07) is 8.25. The highest BCUT2D eigenvalue weighted by atomic mass is 16.5. The van der Waals surface area contributed by atoms with Crippen LogP contribution in [0.3, 0.4) is 0 Å². The molecule has 0 spiro atoms. The van der Waals surface area contributed by atoms with Crippen LogP contribution in [0.15, 0.2) is 24.3 Å². The molecule has 0 saturated carbocycles. The second-order valence-electron chi connectivity index (χ2n) is 4.53. The molecule has 0 bridgehead atoms. The number of benzene rings is 1. The van der Waals surface area contributed by atoms with Gasteiger partial charge in [-0.3, -0.25) is 0 Å². The van der Waals surface area contributed by atoms with Gasteiger partial charge >= 0.3 is 0 Å². The SMILES string of the molecule is CCNCCOCCc1ccc(OC(C)C)cc1. The van der Waals surface area contributed by atoms with E-state index in [2.05, 4.69) is 24.4 Å². The number of hydrogen-bond donors (Lipinski definition) is 1. The third-order valence-electron chi connectivity index (χ3n) is 2.50. The van der Waals surface area contributed by atoms with Gasteiger partial charge in [0, 0.05) is 6.54 Å². The van der Waals surface area contributed by atoms with E-state index in [1.165, 1.54) is 5.56 Å². The first-order valence-electron chi connectivity index (χ1n) is 6.76. The van der Waals surface area contributed by atoms with E-state index in [0.29, 0.717) is 0 Å². The zero-order chi connectivity index (χ0) is 13.2. The van der Waals surface area contributed by atoms with Gasteiger partial charge < -0.3 is 14.8 Å². The van der Waals surface area contributed by atoms with Crippen molar-refractivity contribution in [2.75, 3.05) is 26.3 Å². The summed E-state index contributed by atoms with van der Waals surface area (Å²) in [5.41, 5.74) is 1.29. The van der Waals surface area contributed by atoms with Gasteiger partial charge in [0.2, 0.25) is 0 Å². The molecule has 0 fully saturated rings. The molecule has 0 amide bonds. The molecule has 1 rings (SSSR count). The van der Waals surface area contributed by atoms with Crippen molar-refractivity contribution >= 4 is 0 Å². The van der Waals surface area contributed by atoms with Crippen molar-refractivity contribution in [2.45, 2.75) is 33.3 Å². The molecule has 1 N–H and O–H groups in total. The van der Waals surface area contributed by atoms with Crippen molar-refractivity contribution in [1.29, 1.82) is 0 Å². The van der Waals surface area contributed by atoms with Crippen LogP contribution < -0.4 is 10.1 Å². The zero-order valence-corrected chi connectivity index (χ0v) is 11.7. The van der Waals surface area contributed by atoms with Gasteiger partial charge in [-0.05, 0) is 44.5 Å². The van der Waals surface area contributed by atoms with Crippen LogP contribution >= 0.6 is 0 Å². The van der Waals surface area contributed by atoms with Crippen molar-refractivity contribution in [3.05, 3.63) is 29.8 Å². The van der Waals surface area contributed by atoms with Gasteiger partial charge in [-0.2, -0.15) is 0 Å². The molecular weight excluding hydrogens is 226 g/mol. The Balaban J connectivity index is 2.18. The number of rotatable bonds is 9. The van der Waals surface area contributed by atoms with E-state index in [-0.39, 0.29) is 6.10 Å². The molecule has 1 aromatic rings. The third kappa shape index (κ3) is 6.62. The van der Waals surface area contributed by atoms with Crippen molar-refractivity contribution in [3.8, 4) is 5.75 Å². The Hall–Kier alpha value is -1.06. The summed E-state index contributed by atoms with van der Waals surface area (Å²) in [6.45, 7) is 9.65.